The molecule has 0 saturated heterocycles. The first-order chi connectivity index (χ1) is 9.13. The smallest absolute Gasteiger partial charge is 0.132 e. The van der Waals surface area contributed by atoms with Gasteiger partial charge in [-0.25, -0.2) is 9.97 Å². The van der Waals surface area contributed by atoms with E-state index in [1.165, 1.54) is 16.7 Å². The van der Waals surface area contributed by atoms with Crippen molar-refractivity contribution in [3.8, 4) is 11.3 Å². The summed E-state index contributed by atoms with van der Waals surface area (Å²) >= 11 is 0. The highest BCUT2D eigenvalue weighted by Crippen LogP contribution is 2.27. The molecular formula is C16H21N3. The highest BCUT2D eigenvalue weighted by atomic mass is 15.0. The molecule has 0 aliphatic carbocycles. The number of hydrogen-bond acceptors (Lipinski definition) is 3. The van der Waals surface area contributed by atoms with Gasteiger partial charge in [0.05, 0.1) is 5.69 Å². The van der Waals surface area contributed by atoms with Gasteiger partial charge >= 0.3 is 0 Å². The van der Waals surface area contributed by atoms with Crippen LogP contribution in [0.2, 0.25) is 0 Å². The Morgan fingerprint density at radius 3 is 2.58 bits per heavy atom. The standard InChI is InChI=1S/C16H21N3/c1-5-8-17-16-13(4)15(18-10-19-16)14-7-6-11(2)9-12(14)3/h6-7,9-10H,5,8H2,1-4H3,(H,17,18,19). The fraction of sp³-hybridized carbons (Fsp3) is 0.375. The molecule has 0 aliphatic heterocycles. The van der Waals surface area contributed by atoms with Gasteiger partial charge in [0.15, 0.2) is 0 Å². The van der Waals surface area contributed by atoms with E-state index < -0.39 is 0 Å². The van der Waals surface area contributed by atoms with Crippen LogP contribution in [-0.4, -0.2) is 16.5 Å². The van der Waals surface area contributed by atoms with E-state index in [0.717, 1.165) is 30.0 Å². The molecule has 2 aromatic rings. The zero-order valence-corrected chi connectivity index (χ0v) is 12.1. The minimum Gasteiger partial charge on any atom is -0.370 e. The summed E-state index contributed by atoms with van der Waals surface area (Å²) in [5, 5.41) is 3.35. The summed E-state index contributed by atoms with van der Waals surface area (Å²) in [5.74, 6) is 0.937. The Bertz CT molecular complexity index is 576. The van der Waals surface area contributed by atoms with E-state index in [2.05, 4.69) is 61.2 Å². The highest BCUT2D eigenvalue weighted by Gasteiger charge is 2.10. The van der Waals surface area contributed by atoms with Gasteiger partial charge in [-0.1, -0.05) is 30.7 Å². The molecule has 1 heterocycles. The van der Waals surface area contributed by atoms with Gasteiger partial charge in [0.25, 0.3) is 0 Å². The van der Waals surface area contributed by atoms with Crippen molar-refractivity contribution in [2.45, 2.75) is 34.1 Å². The maximum atomic E-state index is 4.46. The Balaban J connectivity index is 2.44. The van der Waals surface area contributed by atoms with Gasteiger partial charge in [0.2, 0.25) is 0 Å². The van der Waals surface area contributed by atoms with Crippen LogP contribution < -0.4 is 5.32 Å². The third-order valence-electron chi connectivity index (χ3n) is 3.26. The third kappa shape index (κ3) is 2.92. The summed E-state index contributed by atoms with van der Waals surface area (Å²) in [5.41, 5.74) is 5.85. The Morgan fingerprint density at radius 2 is 1.89 bits per heavy atom. The number of aromatic nitrogens is 2. The van der Waals surface area contributed by atoms with Crippen molar-refractivity contribution in [3.05, 3.63) is 41.2 Å². The normalized spacial score (nSPS) is 10.5. The molecule has 3 nitrogen and oxygen atoms in total. The van der Waals surface area contributed by atoms with Crippen molar-refractivity contribution in [3.63, 3.8) is 0 Å². The predicted molar refractivity (Wildman–Crippen MR) is 80.5 cm³/mol. The Hall–Kier alpha value is -1.90. The summed E-state index contributed by atoms with van der Waals surface area (Å²) < 4.78 is 0. The van der Waals surface area contributed by atoms with Crippen LogP contribution in [0.4, 0.5) is 5.82 Å². The third-order valence-corrected chi connectivity index (χ3v) is 3.26. The van der Waals surface area contributed by atoms with Crippen LogP contribution in [0.25, 0.3) is 11.3 Å². The van der Waals surface area contributed by atoms with Crippen LogP contribution in [0, 0.1) is 20.8 Å². The second-order valence-electron chi connectivity index (χ2n) is 4.94. The molecule has 19 heavy (non-hydrogen) atoms. The van der Waals surface area contributed by atoms with E-state index in [4.69, 9.17) is 0 Å². The maximum Gasteiger partial charge on any atom is 0.132 e. The molecule has 1 aromatic carbocycles. The van der Waals surface area contributed by atoms with Crippen molar-refractivity contribution < 1.29 is 0 Å². The van der Waals surface area contributed by atoms with Crippen molar-refractivity contribution in [1.29, 1.82) is 0 Å². The minimum atomic E-state index is 0.935. The lowest BCUT2D eigenvalue weighted by molar-refractivity contribution is 0.960. The van der Waals surface area contributed by atoms with E-state index in [1.807, 2.05) is 0 Å². The molecule has 100 valence electrons. The number of hydrogen-bond donors (Lipinski definition) is 1. The van der Waals surface area contributed by atoms with Crippen LogP contribution in [-0.2, 0) is 0 Å². The monoisotopic (exact) mass is 255 g/mol. The summed E-state index contributed by atoms with van der Waals surface area (Å²) in [4.78, 5) is 8.78. The molecule has 0 fully saturated rings. The highest BCUT2D eigenvalue weighted by molar-refractivity contribution is 5.70. The number of aryl methyl sites for hydroxylation is 2. The van der Waals surface area contributed by atoms with Crippen molar-refractivity contribution in [1.82, 2.24) is 9.97 Å². The first-order valence-electron chi connectivity index (χ1n) is 6.76. The minimum absolute atomic E-state index is 0.935. The average Bonchev–Trinajstić information content (AvgIpc) is 2.38. The fourth-order valence-electron chi connectivity index (χ4n) is 2.22. The SMILES string of the molecule is CCCNc1ncnc(-c2ccc(C)cc2C)c1C. The molecule has 1 aromatic heterocycles. The Labute approximate surface area is 115 Å². The van der Waals surface area contributed by atoms with Crippen LogP contribution in [0.3, 0.4) is 0 Å². The Morgan fingerprint density at radius 1 is 1.11 bits per heavy atom. The van der Waals surface area contributed by atoms with E-state index in [0.29, 0.717) is 0 Å². The molecule has 0 unspecified atom stereocenters. The van der Waals surface area contributed by atoms with Crippen LogP contribution >= 0.6 is 0 Å². The largest absolute Gasteiger partial charge is 0.370 e. The van der Waals surface area contributed by atoms with Gasteiger partial charge in [-0.3, -0.25) is 0 Å². The lowest BCUT2D eigenvalue weighted by atomic mass is 10.00. The van der Waals surface area contributed by atoms with E-state index in [-0.39, 0.29) is 0 Å². The molecule has 3 heteroatoms. The second kappa shape index (κ2) is 5.83. The van der Waals surface area contributed by atoms with Gasteiger partial charge in [0.1, 0.15) is 12.1 Å². The van der Waals surface area contributed by atoms with Crippen molar-refractivity contribution in [2.75, 3.05) is 11.9 Å². The second-order valence-corrected chi connectivity index (χ2v) is 4.94. The van der Waals surface area contributed by atoms with Gasteiger partial charge in [0, 0.05) is 17.7 Å². The quantitative estimate of drug-likeness (QED) is 0.900. The maximum absolute atomic E-state index is 4.46. The van der Waals surface area contributed by atoms with Crippen LogP contribution in [0.1, 0.15) is 30.0 Å². The molecule has 0 spiro atoms. The fourth-order valence-corrected chi connectivity index (χ4v) is 2.22. The molecule has 0 aliphatic rings. The molecule has 0 bridgehead atoms. The van der Waals surface area contributed by atoms with Crippen LogP contribution in [0.5, 0.6) is 0 Å². The zero-order chi connectivity index (χ0) is 13.8. The number of nitrogens with zero attached hydrogens (tertiary/aromatic N) is 2. The molecule has 0 radical (unpaired) electrons. The van der Waals surface area contributed by atoms with Crippen molar-refractivity contribution >= 4 is 5.82 Å². The topological polar surface area (TPSA) is 37.8 Å². The predicted octanol–water partition coefficient (Wildman–Crippen LogP) is 3.89. The average molecular weight is 255 g/mol. The van der Waals surface area contributed by atoms with Crippen LogP contribution in [0.15, 0.2) is 24.5 Å². The van der Waals surface area contributed by atoms with Gasteiger partial charge in [-0.15, -0.1) is 0 Å². The van der Waals surface area contributed by atoms with E-state index in [1.54, 1.807) is 6.33 Å². The molecule has 0 amide bonds. The number of nitrogens with one attached hydrogen (secondary N) is 1. The molecule has 2 rings (SSSR count). The summed E-state index contributed by atoms with van der Waals surface area (Å²) in [6.45, 7) is 9.40. The summed E-state index contributed by atoms with van der Waals surface area (Å²) in [6.07, 6.45) is 2.72. The van der Waals surface area contributed by atoms with Gasteiger partial charge < -0.3 is 5.32 Å². The van der Waals surface area contributed by atoms with Crippen molar-refractivity contribution in [2.24, 2.45) is 0 Å². The number of anilines is 1. The zero-order valence-electron chi connectivity index (χ0n) is 12.1. The van der Waals surface area contributed by atoms with Gasteiger partial charge in [-0.05, 0) is 32.8 Å². The number of benzene rings is 1. The van der Waals surface area contributed by atoms with E-state index >= 15 is 0 Å². The first-order valence-corrected chi connectivity index (χ1v) is 6.76. The molecule has 0 saturated carbocycles. The molecule has 0 atom stereocenters. The molecule has 1 N–H and O–H groups in total. The lowest BCUT2D eigenvalue weighted by Gasteiger charge is -2.13. The summed E-state index contributed by atoms with van der Waals surface area (Å²) in [7, 11) is 0. The lowest BCUT2D eigenvalue weighted by Crippen LogP contribution is -2.05. The van der Waals surface area contributed by atoms with E-state index in [9.17, 15) is 0 Å². The van der Waals surface area contributed by atoms with Gasteiger partial charge in [-0.2, -0.15) is 0 Å². The number of rotatable bonds is 4. The Kier molecular flexibility index (Phi) is 4.15. The molecular weight excluding hydrogens is 234 g/mol. The summed E-state index contributed by atoms with van der Waals surface area (Å²) in [6, 6.07) is 6.46. The first kappa shape index (κ1) is 13.5.